The van der Waals surface area contributed by atoms with Gasteiger partial charge in [0.25, 0.3) is 5.89 Å². The lowest BCUT2D eigenvalue weighted by atomic mass is 9.76. The summed E-state index contributed by atoms with van der Waals surface area (Å²) in [5, 5.41) is 9.06. The van der Waals surface area contributed by atoms with E-state index >= 15 is 0 Å². The maximum absolute atomic E-state index is 11.0. The van der Waals surface area contributed by atoms with Crippen LogP contribution in [0.4, 0.5) is 0 Å². The fraction of sp³-hybridized carbons (Fsp3) is 0.522. The van der Waals surface area contributed by atoms with Gasteiger partial charge in [-0.2, -0.15) is 10.1 Å². The molecule has 1 aliphatic carbocycles. The van der Waals surface area contributed by atoms with Crippen LogP contribution in [-0.4, -0.2) is 31.2 Å². The minimum absolute atomic E-state index is 0.278. The van der Waals surface area contributed by atoms with Gasteiger partial charge in [-0.3, -0.25) is 9.67 Å². The van der Waals surface area contributed by atoms with Gasteiger partial charge in [0.2, 0.25) is 5.82 Å². The third-order valence-corrected chi connectivity index (χ3v) is 6.07. The number of fused-ring (bicyclic) bond motifs is 1. The minimum Gasteiger partial charge on any atom is -0.332 e. The molecule has 7 heteroatoms. The van der Waals surface area contributed by atoms with Gasteiger partial charge in [0.1, 0.15) is 6.29 Å². The zero-order valence-electron chi connectivity index (χ0n) is 18.4. The Hall–Kier alpha value is -2.83. The van der Waals surface area contributed by atoms with Crippen LogP contribution in [0.3, 0.4) is 0 Å². The second-order valence-electron chi connectivity index (χ2n) is 8.81. The molecule has 4 rings (SSSR count). The van der Waals surface area contributed by atoms with E-state index in [0.717, 1.165) is 66.7 Å². The van der Waals surface area contributed by atoms with Crippen LogP contribution in [0, 0.1) is 12.3 Å². The molecule has 0 spiro atoms. The van der Waals surface area contributed by atoms with Crippen molar-refractivity contribution in [2.75, 3.05) is 0 Å². The summed E-state index contributed by atoms with van der Waals surface area (Å²) in [5.74, 6) is 0.973. The van der Waals surface area contributed by atoms with Crippen LogP contribution in [0.25, 0.3) is 23.0 Å². The van der Waals surface area contributed by atoms with E-state index in [2.05, 4.69) is 42.5 Å². The molecule has 0 radical (unpaired) electrons. The van der Waals surface area contributed by atoms with Crippen molar-refractivity contribution in [2.24, 2.45) is 5.41 Å². The molecule has 1 aliphatic rings. The molecule has 3 aromatic heterocycles. The lowest BCUT2D eigenvalue weighted by Gasteiger charge is -2.30. The predicted molar refractivity (Wildman–Crippen MR) is 114 cm³/mol. The largest absolute Gasteiger partial charge is 0.332 e. The summed E-state index contributed by atoms with van der Waals surface area (Å²) in [5.41, 5.74) is 7.07. The average Bonchev–Trinajstić information content (AvgIpc) is 3.32. The SMILES string of the molecule is CCc1cc(-c2noc(-c3nn(CC)c4c3CCC(C)(C)C4)n2)c(C)nc1CC=O. The summed E-state index contributed by atoms with van der Waals surface area (Å²) in [6.07, 6.45) is 5.09. The van der Waals surface area contributed by atoms with Gasteiger partial charge in [0.05, 0.1) is 5.69 Å². The van der Waals surface area contributed by atoms with Gasteiger partial charge in [-0.05, 0) is 56.6 Å². The van der Waals surface area contributed by atoms with E-state index in [0.29, 0.717) is 18.1 Å². The predicted octanol–water partition coefficient (Wildman–Crippen LogP) is 4.14. The Morgan fingerprint density at radius 2 is 2.07 bits per heavy atom. The van der Waals surface area contributed by atoms with Gasteiger partial charge >= 0.3 is 0 Å². The molecule has 3 heterocycles. The third kappa shape index (κ3) is 3.57. The van der Waals surface area contributed by atoms with Gasteiger partial charge in [-0.1, -0.05) is 25.9 Å². The van der Waals surface area contributed by atoms with Crippen LogP contribution < -0.4 is 0 Å². The molecule has 0 aliphatic heterocycles. The number of pyridine rings is 1. The highest BCUT2D eigenvalue weighted by molar-refractivity contribution is 5.64. The molecular weight excluding hydrogens is 378 g/mol. The zero-order valence-corrected chi connectivity index (χ0v) is 18.4. The Morgan fingerprint density at radius 3 is 2.77 bits per heavy atom. The van der Waals surface area contributed by atoms with Gasteiger partial charge in [-0.25, -0.2) is 0 Å². The molecule has 0 N–H and O–H groups in total. The van der Waals surface area contributed by atoms with Gasteiger partial charge in [0, 0.05) is 35.5 Å². The Labute approximate surface area is 176 Å². The monoisotopic (exact) mass is 407 g/mol. The summed E-state index contributed by atoms with van der Waals surface area (Å²) >= 11 is 0. The topological polar surface area (TPSA) is 86.7 Å². The first-order valence-electron chi connectivity index (χ1n) is 10.7. The smallest absolute Gasteiger partial charge is 0.279 e. The van der Waals surface area contributed by atoms with E-state index in [1.165, 1.54) is 11.3 Å². The van der Waals surface area contributed by atoms with E-state index in [1.54, 1.807) is 0 Å². The lowest BCUT2D eigenvalue weighted by Crippen LogP contribution is -2.24. The Morgan fingerprint density at radius 1 is 1.27 bits per heavy atom. The second-order valence-corrected chi connectivity index (χ2v) is 8.81. The highest BCUT2D eigenvalue weighted by Crippen LogP contribution is 2.39. The first-order chi connectivity index (χ1) is 14.4. The van der Waals surface area contributed by atoms with E-state index in [9.17, 15) is 4.79 Å². The van der Waals surface area contributed by atoms with Crippen molar-refractivity contribution in [3.05, 3.63) is 34.3 Å². The highest BCUT2D eigenvalue weighted by atomic mass is 16.5. The van der Waals surface area contributed by atoms with Gasteiger partial charge < -0.3 is 9.32 Å². The molecule has 158 valence electrons. The molecule has 0 unspecified atom stereocenters. The molecule has 0 saturated heterocycles. The first-order valence-corrected chi connectivity index (χ1v) is 10.7. The van der Waals surface area contributed by atoms with Crippen LogP contribution in [0.5, 0.6) is 0 Å². The highest BCUT2D eigenvalue weighted by Gasteiger charge is 2.32. The normalized spacial score (nSPS) is 15.2. The Kier molecular flexibility index (Phi) is 5.30. The van der Waals surface area contributed by atoms with Crippen molar-refractivity contribution in [2.45, 2.75) is 73.3 Å². The number of carbonyl (C=O) groups excluding carboxylic acids is 1. The van der Waals surface area contributed by atoms with Crippen molar-refractivity contribution < 1.29 is 9.32 Å². The molecule has 0 saturated carbocycles. The standard InChI is InChI=1S/C23H29N5O2/c1-6-15-12-17(14(3)24-18(15)9-11-29)21-25-22(30-27-21)20-16-8-10-23(4,5)13-19(16)28(7-2)26-20/h11-12H,6-10,13H2,1-5H3. The molecule has 30 heavy (non-hydrogen) atoms. The molecule has 3 aromatic rings. The number of aryl methyl sites for hydroxylation is 3. The number of hydrogen-bond donors (Lipinski definition) is 0. The number of carbonyl (C=O) groups is 1. The molecule has 7 nitrogen and oxygen atoms in total. The summed E-state index contributed by atoms with van der Waals surface area (Å²) in [6.45, 7) is 11.5. The lowest BCUT2D eigenvalue weighted by molar-refractivity contribution is -0.107. The molecule has 0 bridgehead atoms. The fourth-order valence-electron chi connectivity index (χ4n) is 4.35. The average molecular weight is 408 g/mol. The maximum atomic E-state index is 11.0. The van der Waals surface area contributed by atoms with E-state index in [-0.39, 0.29) is 5.41 Å². The first kappa shape index (κ1) is 20.4. The summed E-state index contributed by atoms with van der Waals surface area (Å²) in [7, 11) is 0. The summed E-state index contributed by atoms with van der Waals surface area (Å²) in [4.78, 5) is 20.3. The van der Waals surface area contributed by atoms with Gasteiger partial charge in [-0.15, -0.1) is 0 Å². The molecule has 0 atom stereocenters. The molecular formula is C23H29N5O2. The molecule has 0 aromatic carbocycles. The van der Waals surface area contributed by atoms with Crippen LogP contribution >= 0.6 is 0 Å². The minimum atomic E-state index is 0.278. The van der Waals surface area contributed by atoms with Crippen molar-refractivity contribution in [3.63, 3.8) is 0 Å². The van der Waals surface area contributed by atoms with Crippen LogP contribution in [-0.2, 0) is 37.0 Å². The van der Waals surface area contributed by atoms with E-state index in [4.69, 9.17) is 14.6 Å². The van der Waals surface area contributed by atoms with Crippen molar-refractivity contribution in [1.82, 2.24) is 24.9 Å². The van der Waals surface area contributed by atoms with Crippen LogP contribution in [0.15, 0.2) is 10.6 Å². The fourth-order valence-corrected chi connectivity index (χ4v) is 4.35. The van der Waals surface area contributed by atoms with Crippen molar-refractivity contribution >= 4 is 6.29 Å². The molecule has 0 amide bonds. The second kappa shape index (κ2) is 7.78. The number of hydrogen-bond acceptors (Lipinski definition) is 6. The maximum Gasteiger partial charge on any atom is 0.279 e. The number of aromatic nitrogens is 5. The number of nitrogens with zero attached hydrogens (tertiary/aromatic N) is 5. The van der Waals surface area contributed by atoms with Gasteiger partial charge in [0.15, 0.2) is 5.69 Å². The number of rotatable bonds is 6. The summed E-state index contributed by atoms with van der Waals surface area (Å²) < 4.78 is 7.74. The van der Waals surface area contributed by atoms with E-state index < -0.39 is 0 Å². The van der Waals surface area contributed by atoms with Crippen LogP contribution in [0.2, 0.25) is 0 Å². The quantitative estimate of drug-likeness (QED) is 0.571. The van der Waals surface area contributed by atoms with Crippen molar-refractivity contribution in [3.8, 4) is 23.0 Å². The van der Waals surface area contributed by atoms with E-state index in [1.807, 2.05) is 13.0 Å². The van der Waals surface area contributed by atoms with Crippen LogP contribution in [0.1, 0.15) is 62.3 Å². The summed E-state index contributed by atoms with van der Waals surface area (Å²) in [6, 6.07) is 2.03. The number of aldehydes is 1. The molecule has 0 fully saturated rings. The Balaban J connectivity index is 1.74. The zero-order chi connectivity index (χ0) is 21.5. The van der Waals surface area contributed by atoms with Crippen molar-refractivity contribution in [1.29, 1.82) is 0 Å². The third-order valence-electron chi connectivity index (χ3n) is 6.07. The Bertz CT molecular complexity index is 1090.